The SMILES string of the molecule is C=C1C[C@@H](CCCCC)O[C@@H](CCCCC)C1. The first kappa shape index (κ1) is 14.8. The van der Waals surface area contributed by atoms with Crippen molar-refractivity contribution in [1.82, 2.24) is 0 Å². The predicted octanol–water partition coefficient (Wildman–Crippen LogP) is 5.25. The van der Waals surface area contributed by atoms with Crippen LogP contribution in [-0.4, -0.2) is 12.2 Å². The minimum atomic E-state index is 0.467. The molecule has 2 atom stereocenters. The molecule has 0 aromatic heterocycles. The Balaban J connectivity index is 2.24. The van der Waals surface area contributed by atoms with Crippen molar-refractivity contribution in [3.8, 4) is 0 Å². The van der Waals surface area contributed by atoms with E-state index in [2.05, 4.69) is 20.4 Å². The van der Waals surface area contributed by atoms with E-state index in [4.69, 9.17) is 4.74 Å². The van der Waals surface area contributed by atoms with E-state index in [0.29, 0.717) is 12.2 Å². The van der Waals surface area contributed by atoms with E-state index < -0.39 is 0 Å². The lowest BCUT2D eigenvalue weighted by Gasteiger charge is -2.31. The molecule has 0 saturated carbocycles. The molecular weight excluding hydrogens is 208 g/mol. The van der Waals surface area contributed by atoms with Crippen LogP contribution in [0.2, 0.25) is 0 Å². The first-order chi connectivity index (χ1) is 8.26. The highest BCUT2D eigenvalue weighted by Crippen LogP contribution is 2.28. The van der Waals surface area contributed by atoms with E-state index >= 15 is 0 Å². The number of hydrogen-bond acceptors (Lipinski definition) is 1. The van der Waals surface area contributed by atoms with Crippen molar-refractivity contribution < 1.29 is 4.74 Å². The molecule has 0 aliphatic carbocycles. The minimum absolute atomic E-state index is 0.467. The van der Waals surface area contributed by atoms with Crippen molar-refractivity contribution in [1.29, 1.82) is 0 Å². The fraction of sp³-hybridized carbons (Fsp3) is 0.875. The van der Waals surface area contributed by atoms with Crippen LogP contribution in [0.4, 0.5) is 0 Å². The molecule has 0 amide bonds. The van der Waals surface area contributed by atoms with E-state index in [1.165, 1.54) is 56.9 Å². The molecule has 1 fully saturated rings. The molecule has 1 nitrogen and oxygen atoms in total. The topological polar surface area (TPSA) is 9.23 Å². The molecule has 1 aliphatic heterocycles. The average Bonchev–Trinajstić information content (AvgIpc) is 2.29. The van der Waals surface area contributed by atoms with E-state index in [0.717, 1.165) is 12.8 Å². The summed E-state index contributed by atoms with van der Waals surface area (Å²) in [5, 5.41) is 0. The maximum atomic E-state index is 6.19. The monoisotopic (exact) mass is 238 g/mol. The predicted molar refractivity (Wildman–Crippen MR) is 75.3 cm³/mol. The maximum absolute atomic E-state index is 6.19. The molecule has 100 valence electrons. The second-order valence-corrected chi connectivity index (χ2v) is 5.53. The van der Waals surface area contributed by atoms with Gasteiger partial charge in [0.1, 0.15) is 0 Å². The van der Waals surface area contributed by atoms with Gasteiger partial charge in [-0.2, -0.15) is 0 Å². The molecule has 0 unspecified atom stereocenters. The van der Waals surface area contributed by atoms with E-state index in [-0.39, 0.29) is 0 Å². The summed E-state index contributed by atoms with van der Waals surface area (Å²) in [7, 11) is 0. The van der Waals surface area contributed by atoms with Crippen LogP contribution in [0.15, 0.2) is 12.2 Å². The lowest BCUT2D eigenvalue weighted by atomic mass is 9.93. The summed E-state index contributed by atoms with van der Waals surface area (Å²) in [5.41, 5.74) is 1.42. The third kappa shape index (κ3) is 6.26. The van der Waals surface area contributed by atoms with Crippen molar-refractivity contribution in [2.45, 2.75) is 90.3 Å². The highest BCUT2D eigenvalue weighted by molar-refractivity contribution is 5.02. The van der Waals surface area contributed by atoms with Gasteiger partial charge in [0.15, 0.2) is 0 Å². The zero-order valence-electron chi connectivity index (χ0n) is 11.8. The van der Waals surface area contributed by atoms with Gasteiger partial charge in [-0.3, -0.25) is 0 Å². The number of unbranched alkanes of at least 4 members (excludes halogenated alkanes) is 4. The van der Waals surface area contributed by atoms with Crippen LogP contribution >= 0.6 is 0 Å². The van der Waals surface area contributed by atoms with Crippen molar-refractivity contribution in [3.63, 3.8) is 0 Å². The van der Waals surface area contributed by atoms with Crippen LogP contribution in [0.5, 0.6) is 0 Å². The Bertz CT molecular complexity index is 190. The third-order valence-electron chi connectivity index (χ3n) is 3.68. The zero-order valence-corrected chi connectivity index (χ0v) is 11.8. The number of hydrogen-bond donors (Lipinski definition) is 0. The summed E-state index contributed by atoms with van der Waals surface area (Å²) in [5.74, 6) is 0. The van der Waals surface area contributed by atoms with Crippen LogP contribution in [0, 0.1) is 0 Å². The lowest BCUT2D eigenvalue weighted by molar-refractivity contribution is -0.0400. The Morgan fingerprint density at radius 1 is 0.941 bits per heavy atom. The molecule has 0 radical (unpaired) electrons. The summed E-state index contributed by atoms with van der Waals surface area (Å²) in [4.78, 5) is 0. The first-order valence-corrected chi connectivity index (χ1v) is 7.58. The van der Waals surface area contributed by atoms with Crippen LogP contribution < -0.4 is 0 Å². The molecule has 1 rings (SSSR count). The quantitative estimate of drug-likeness (QED) is 0.414. The van der Waals surface area contributed by atoms with Gasteiger partial charge in [-0.1, -0.05) is 64.5 Å². The number of ether oxygens (including phenoxy) is 1. The normalized spacial score (nSPS) is 25.2. The second-order valence-electron chi connectivity index (χ2n) is 5.53. The molecule has 0 bridgehead atoms. The van der Waals surface area contributed by atoms with Gasteiger partial charge in [0.2, 0.25) is 0 Å². The van der Waals surface area contributed by atoms with Gasteiger partial charge >= 0.3 is 0 Å². The van der Waals surface area contributed by atoms with Gasteiger partial charge in [-0.05, 0) is 25.7 Å². The maximum Gasteiger partial charge on any atom is 0.0616 e. The van der Waals surface area contributed by atoms with Gasteiger partial charge in [0.05, 0.1) is 12.2 Å². The third-order valence-corrected chi connectivity index (χ3v) is 3.68. The molecule has 1 saturated heterocycles. The summed E-state index contributed by atoms with van der Waals surface area (Å²) in [6.45, 7) is 8.71. The second kappa shape index (κ2) is 8.74. The van der Waals surface area contributed by atoms with E-state index in [9.17, 15) is 0 Å². The summed E-state index contributed by atoms with van der Waals surface area (Å²) in [6, 6.07) is 0. The van der Waals surface area contributed by atoms with Gasteiger partial charge in [0, 0.05) is 0 Å². The van der Waals surface area contributed by atoms with Crippen molar-refractivity contribution in [3.05, 3.63) is 12.2 Å². The molecule has 17 heavy (non-hydrogen) atoms. The van der Waals surface area contributed by atoms with Crippen LogP contribution in [0.1, 0.15) is 78.1 Å². The Labute approximate surface area is 108 Å². The van der Waals surface area contributed by atoms with Crippen LogP contribution in [-0.2, 0) is 4.74 Å². The van der Waals surface area contributed by atoms with Crippen molar-refractivity contribution in [2.24, 2.45) is 0 Å². The standard InChI is InChI=1S/C16H30O/c1-4-6-8-10-15-12-14(3)13-16(17-15)11-9-7-5-2/h15-16H,3-13H2,1-2H3/t15-,16+. The highest BCUT2D eigenvalue weighted by atomic mass is 16.5. The fourth-order valence-corrected chi connectivity index (χ4v) is 2.68. The van der Waals surface area contributed by atoms with Gasteiger partial charge in [-0.25, -0.2) is 0 Å². The summed E-state index contributed by atoms with van der Waals surface area (Å²) in [6.07, 6.45) is 13.5. The average molecular weight is 238 g/mol. The Morgan fingerprint density at radius 2 is 1.41 bits per heavy atom. The smallest absolute Gasteiger partial charge is 0.0616 e. The van der Waals surface area contributed by atoms with Gasteiger partial charge in [0.25, 0.3) is 0 Å². The molecule has 0 aromatic rings. The lowest BCUT2D eigenvalue weighted by Crippen LogP contribution is -2.28. The summed E-state index contributed by atoms with van der Waals surface area (Å²) < 4.78 is 6.19. The number of rotatable bonds is 8. The molecule has 1 aliphatic rings. The van der Waals surface area contributed by atoms with Gasteiger partial charge in [-0.15, -0.1) is 0 Å². The van der Waals surface area contributed by atoms with Crippen molar-refractivity contribution in [2.75, 3.05) is 0 Å². The highest BCUT2D eigenvalue weighted by Gasteiger charge is 2.23. The minimum Gasteiger partial charge on any atom is -0.374 e. The Hall–Kier alpha value is -0.300. The Morgan fingerprint density at radius 3 is 1.82 bits per heavy atom. The van der Waals surface area contributed by atoms with Gasteiger partial charge < -0.3 is 4.74 Å². The van der Waals surface area contributed by atoms with Crippen LogP contribution in [0.25, 0.3) is 0 Å². The van der Waals surface area contributed by atoms with E-state index in [1.54, 1.807) is 0 Å². The molecule has 0 aromatic carbocycles. The Kier molecular flexibility index (Phi) is 7.59. The zero-order chi connectivity index (χ0) is 12.5. The van der Waals surface area contributed by atoms with E-state index in [1.807, 2.05) is 0 Å². The molecule has 0 N–H and O–H groups in total. The summed E-state index contributed by atoms with van der Waals surface area (Å²) >= 11 is 0. The molecule has 1 heteroatoms. The van der Waals surface area contributed by atoms with Crippen LogP contribution in [0.3, 0.4) is 0 Å². The largest absolute Gasteiger partial charge is 0.374 e. The first-order valence-electron chi connectivity index (χ1n) is 7.58. The van der Waals surface area contributed by atoms with Crippen molar-refractivity contribution >= 4 is 0 Å². The molecule has 0 spiro atoms. The molecule has 1 heterocycles. The fourth-order valence-electron chi connectivity index (χ4n) is 2.68. The molecular formula is C16H30O.